The third-order valence-electron chi connectivity index (χ3n) is 12.5. The molecule has 2 unspecified atom stereocenters. The quantitative estimate of drug-likeness (QED) is 0.109. The number of piperazine rings is 1. The Kier molecular flexibility index (Phi) is 12.5. The molecule has 3 saturated heterocycles. The number of benzene rings is 3. The Balaban J connectivity index is 0.965. The van der Waals surface area contributed by atoms with E-state index in [2.05, 4.69) is 37.3 Å². The second kappa shape index (κ2) is 18.1. The molecule has 3 aromatic carbocycles. The number of fused-ring (bicyclic) bond motifs is 1. The Morgan fingerprint density at radius 2 is 1.69 bits per heavy atom. The average Bonchev–Trinajstić information content (AvgIpc) is 3.96. The van der Waals surface area contributed by atoms with Gasteiger partial charge in [0.2, 0.25) is 17.7 Å². The van der Waals surface area contributed by atoms with Crippen molar-refractivity contribution >= 4 is 40.2 Å². The number of imide groups is 1. The minimum Gasteiger partial charge on any atom is -0.369 e. The van der Waals surface area contributed by atoms with Gasteiger partial charge in [0.25, 0.3) is 5.91 Å². The van der Waals surface area contributed by atoms with Crippen molar-refractivity contribution in [3.8, 4) is 11.1 Å². The third kappa shape index (κ3) is 9.70. The molecule has 3 aliphatic heterocycles. The van der Waals surface area contributed by atoms with Crippen LogP contribution in [0.2, 0.25) is 0 Å². The van der Waals surface area contributed by atoms with E-state index in [9.17, 15) is 32.3 Å². The number of aromatic nitrogens is 3. The van der Waals surface area contributed by atoms with Crippen molar-refractivity contribution < 1.29 is 36.7 Å². The number of alkyl halides is 3. The van der Waals surface area contributed by atoms with Gasteiger partial charge in [-0.05, 0) is 83.8 Å². The van der Waals surface area contributed by atoms with Gasteiger partial charge in [-0.1, -0.05) is 36.4 Å². The van der Waals surface area contributed by atoms with Crippen molar-refractivity contribution in [3.05, 3.63) is 107 Å². The SMILES string of the molecule is CN(CC(F)(F)F)C(=O)c1cc2c(-c3ccc(N4CCN(CCc5ccc(C6CCC(=O)NC6=O)cc5)CC4)cc3)cc(C3CCCN(C(=O)CCn4cccn4)C3)c(F)c2[nH]1. The molecular weight excluding hydrogens is 805 g/mol. The average molecular weight is 855 g/mol. The number of halogens is 4. The van der Waals surface area contributed by atoms with Crippen LogP contribution >= 0.6 is 0 Å². The van der Waals surface area contributed by atoms with Crippen molar-refractivity contribution in [2.45, 2.75) is 63.1 Å². The first-order valence-corrected chi connectivity index (χ1v) is 21.2. The first kappa shape index (κ1) is 42.7. The summed E-state index contributed by atoms with van der Waals surface area (Å²) < 4.78 is 58.1. The smallest absolute Gasteiger partial charge is 0.369 e. The van der Waals surface area contributed by atoms with E-state index in [1.165, 1.54) is 11.6 Å². The number of aromatic amines is 1. The lowest BCUT2D eigenvalue weighted by Gasteiger charge is -2.36. The summed E-state index contributed by atoms with van der Waals surface area (Å²) in [6.45, 7) is 4.08. The minimum atomic E-state index is -4.60. The molecule has 0 spiro atoms. The highest BCUT2D eigenvalue weighted by Gasteiger charge is 2.34. The zero-order valence-electron chi connectivity index (χ0n) is 34.6. The summed E-state index contributed by atoms with van der Waals surface area (Å²) in [6, 6.07) is 21.0. The van der Waals surface area contributed by atoms with E-state index in [0.29, 0.717) is 66.7 Å². The monoisotopic (exact) mass is 854 g/mol. The molecule has 62 heavy (non-hydrogen) atoms. The number of piperidine rings is 2. The van der Waals surface area contributed by atoms with E-state index in [4.69, 9.17) is 0 Å². The molecule has 326 valence electrons. The van der Waals surface area contributed by atoms with Crippen LogP contribution in [-0.4, -0.2) is 119 Å². The molecule has 2 aromatic heterocycles. The third-order valence-corrected chi connectivity index (χ3v) is 12.5. The van der Waals surface area contributed by atoms with Gasteiger partial charge in [0.15, 0.2) is 5.82 Å². The summed E-state index contributed by atoms with van der Waals surface area (Å²) in [4.78, 5) is 60.2. The maximum absolute atomic E-state index is 16.7. The number of anilines is 1. The van der Waals surface area contributed by atoms with Crippen molar-refractivity contribution in [2.75, 3.05) is 64.3 Å². The largest absolute Gasteiger partial charge is 0.406 e. The number of carbonyl (C=O) groups is 4. The van der Waals surface area contributed by atoms with Crippen molar-refractivity contribution in [1.29, 1.82) is 0 Å². The van der Waals surface area contributed by atoms with Crippen LogP contribution in [0.5, 0.6) is 0 Å². The molecule has 16 heteroatoms. The fraction of sp³-hybridized carbons (Fsp3) is 0.413. The number of aryl methyl sites for hydroxylation is 1. The van der Waals surface area contributed by atoms with Gasteiger partial charge in [-0.3, -0.25) is 34.1 Å². The number of nitrogens with one attached hydrogen (secondary N) is 2. The van der Waals surface area contributed by atoms with E-state index < -0.39 is 24.4 Å². The molecular formula is C46H50F4N8O4. The van der Waals surface area contributed by atoms with Crippen LogP contribution in [0.1, 0.15) is 71.1 Å². The molecule has 5 heterocycles. The Labute approximate surface area is 356 Å². The molecule has 8 rings (SSSR count). The summed E-state index contributed by atoms with van der Waals surface area (Å²) in [6.07, 6.45) is 2.13. The second-order valence-electron chi connectivity index (χ2n) is 16.6. The standard InChI is InChI=1S/C46H50F4N8O4/c1-54(29-46(48,49)50)45(62)39-27-38-36(26-37(42(47)43(38)52-39)33-4-2-18-57(28-33)41(60)16-21-58-19-3-17-51-58)32-9-11-34(12-10-32)56-24-22-55(23-25-56)20-15-30-5-7-31(8-6-30)35-13-14-40(59)53-44(35)61/h3,5-12,17,19,26-27,33,35,52H,2,4,13-16,18,20-25,28-29H2,1H3,(H,53,59,61). The van der Waals surface area contributed by atoms with Crippen LogP contribution in [0, 0.1) is 5.82 Å². The first-order valence-electron chi connectivity index (χ1n) is 21.2. The number of hydrogen-bond donors (Lipinski definition) is 2. The van der Waals surface area contributed by atoms with E-state index in [1.54, 1.807) is 34.1 Å². The fourth-order valence-corrected chi connectivity index (χ4v) is 9.03. The van der Waals surface area contributed by atoms with Crippen molar-refractivity contribution in [2.24, 2.45) is 0 Å². The summed E-state index contributed by atoms with van der Waals surface area (Å²) in [7, 11) is 1.06. The number of rotatable bonds is 12. The Hall–Kier alpha value is -6.03. The maximum Gasteiger partial charge on any atom is 0.406 e. The minimum absolute atomic E-state index is 0.0360. The maximum atomic E-state index is 16.7. The molecule has 3 aliphatic rings. The normalized spacial score (nSPS) is 18.9. The lowest BCUT2D eigenvalue weighted by Crippen LogP contribution is -2.47. The van der Waals surface area contributed by atoms with Gasteiger partial charge in [0.05, 0.1) is 11.4 Å². The number of hydrogen-bond acceptors (Lipinski definition) is 7. The van der Waals surface area contributed by atoms with E-state index in [1.807, 2.05) is 36.4 Å². The number of amides is 4. The van der Waals surface area contributed by atoms with E-state index >= 15 is 4.39 Å². The topological polar surface area (TPSA) is 127 Å². The van der Waals surface area contributed by atoms with Gasteiger partial charge in [-0.25, -0.2) is 4.39 Å². The van der Waals surface area contributed by atoms with Crippen LogP contribution in [0.3, 0.4) is 0 Å². The summed E-state index contributed by atoms with van der Waals surface area (Å²) >= 11 is 0. The highest BCUT2D eigenvalue weighted by Crippen LogP contribution is 2.39. The van der Waals surface area contributed by atoms with Gasteiger partial charge in [0.1, 0.15) is 12.2 Å². The molecule has 12 nitrogen and oxygen atoms in total. The van der Waals surface area contributed by atoms with Crippen LogP contribution in [0.15, 0.2) is 79.1 Å². The van der Waals surface area contributed by atoms with E-state index in [0.717, 1.165) is 63.0 Å². The van der Waals surface area contributed by atoms with Crippen molar-refractivity contribution in [1.82, 2.24) is 34.8 Å². The van der Waals surface area contributed by atoms with Crippen LogP contribution in [-0.2, 0) is 27.3 Å². The molecule has 0 saturated carbocycles. The second-order valence-corrected chi connectivity index (χ2v) is 16.6. The van der Waals surface area contributed by atoms with Crippen LogP contribution < -0.4 is 10.2 Å². The zero-order valence-corrected chi connectivity index (χ0v) is 34.6. The molecule has 2 N–H and O–H groups in total. The highest BCUT2D eigenvalue weighted by molar-refractivity contribution is 6.04. The summed E-state index contributed by atoms with van der Waals surface area (Å²) in [5.74, 6) is -2.65. The molecule has 0 bridgehead atoms. The molecule has 4 amide bonds. The van der Waals surface area contributed by atoms with Gasteiger partial charge >= 0.3 is 6.18 Å². The molecule has 5 aromatic rings. The summed E-state index contributed by atoms with van der Waals surface area (Å²) in [5.41, 5.74) is 4.78. The van der Waals surface area contributed by atoms with Gasteiger partial charge < -0.3 is 19.7 Å². The molecule has 2 atom stereocenters. The van der Waals surface area contributed by atoms with Gasteiger partial charge in [0, 0.05) is 102 Å². The van der Waals surface area contributed by atoms with Crippen LogP contribution in [0.4, 0.5) is 23.2 Å². The van der Waals surface area contributed by atoms with Crippen LogP contribution in [0.25, 0.3) is 22.0 Å². The lowest BCUT2D eigenvalue weighted by atomic mass is 9.87. The lowest BCUT2D eigenvalue weighted by molar-refractivity contribution is -0.138. The highest BCUT2D eigenvalue weighted by atomic mass is 19.4. The predicted octanol–water partition coefficient (Wildman–Crippen LogP) is 6.49. The predicted molar refractivity (Wildman–Crippen MR) is 226 cm³/mol. The first-order chi connectivity index (χ1) is 29.8. The summed E-state index contributed by atoms with van der Waals surface area (Å²) in [5, 5.41) is 6.98. The number of nitrogens with zero attached hydrogens (tertiary/aromatic N) is 6. The van der Waals surface area contributed by atoms with E-state index in [-0.39, 0.29) is 47.2 Å². The fourth-order valence-electron chi connectivity index (χ4n) is 9.03. The van der Waals surface area contributed by atoms with Gasteiger partial charge in [-0.15, -0.1) is 0 Å². The number of likely N-dealkylation sites (tertiary alicyclic amines) is 1. The van der Waals surface area contributed by atoms with Gasteiger partial charge in [-0.2, -0.15) is 18.3 Å². The molecule has 0 aliphatic carbocycles. The van der Waals surface area contributed by atoms with Crippen molar-refractivity contribution in [3.63, 3.8) is 0 Å². The zero-order chi connectivity index (χ0) is 43.5. The Morgan fingerprint density at radius 3 is 2.39 bits per heavy atom. The number of carbonyl (C=O) groups excluding carboxylic acids is 4. The Morgan fingerprint density at radius 1 is 0.935 bits per heavy atom. The Bertz CT molecular complexity index is 2410. The number of H-pyrrole nitrogens is 1. The molecule has 3 fully saturated rings. The molecule has 0 radical (unpaired) electrons.